The SMILES string of the molecule is O=P([O-])([O-])CN(CP(=O)([O-])[O-])CP(=O)([O-])[O-].[Na+].[Na+].[Na+].[Na+].[Ni+3]. The van der Waals surface area contributed by atoms with Crippen LogP contribution in [0.25, 0.3) is 0 Å². The molecule has 0 aromatic rings. The second kappa shape index (κ2) is 17.0. The third-order valence-electron chi connectivity index (χ3n) is 1.12. The molecule has 0 N–H and O–H groups in total. The molecule has 0 aliphatic rings. The fraction of sp³-hybridized carbons (Fsp3) is 1.00. The normalized spacial score (nSPS) is 11.0. The second-order valence-corrected chi connectivity index (χ2v) is 7.44. The average Bonchev–Trinajstić information content (AvgIpc) is 1.70. The van der Waals surface area contributed by atoms with Crippen LogP contribution in [0.5, 0.6) is 0 Å². The standard InChI is InChI=1S/C3H12NO9P3.4Na.Ni/c5-14(6,7)1-4(2-15(8,9)10)3-16(11,12)13;;;;;/h1-3H2,(H2,5,6,7)(H2,8,9,10)(H2,11,12,13);;;;;/q;4*+1;+3/p-6. The van der Waals surface area contributed by atoms with Gasteiger partial charge in [-0.15, -0.1) is 0 Å². The van der Waals surface area contributed by atoms with Gasteiger partial charge in [0.1, 0.15) is 0 Å². The monoisotopic (exact) mass is 443 g/mol. The molecule has 0 aliphatic heterocycles. The molecule has 10 nitrogen and oxygen atoms in total. The van der Waals surface area contributed by atoms with Gasteiger partial charge in [-0.2, -0.15) is 0 Å². The summed E-state index contributed by atoms with van der Waals surface area (Å²) >= 11 is 0. The number of hydrogen-bond acceptors (Lipinski definition) is 10. The summed E-state index contributed by atoms with van der Waals surface area (Å²) in [5, 5.41) is 0. The van der Waals surface area contributed by atoms with Crippen molar-refractivity contribution in [3.63, 3.8) is 0 Å². The Morgan fingerprint density at radius 1 is 0.571 bits per heavy atom. The quantitative estimate of drug-likeness (QED) is 0.281. The summed E-state index contributed by atoms with van der Waals surface area (Å²) in [5.41, 5.74) is 0. The third-order valence-corrected chi connectivity index (χ3v) is 3.36. The zero-order valence-electron chi connectivity index (χ0n) is 11.9. The Hall–Kier alpha value is 4.90. The van der Waals surface area contributed by atoms with E-state index in [-0.39, 0.29) is 140 Å². The summed E-state index contributed by atoms with van der Waals surface area (Å²) in [6.07, 6.45) is -4.55. The molecule has 0 bridgehead atoms. The van der Waals surface area contributed by atoms with Gasteiger partial charge in [0.05, 0.1) is 0 Å². The van der Waals surface area contributed by atoms with Gasteiger partial charge in [0.2, 0.25) is 0 Å². The molecule has 0 atom stereocenters. The molecule has 0 rings (SSSR count). The Bertz CT molecular complexity index is 325. The van der Waals surface area contributed by atoms with Gasteiger partial charge in [-0.25, -0.2) is 0 Å². The van der Waals surface area contributed by atoms with E-state index in [1.165, 1.54) is 0 Å². The van der Waals surface area contributed by atoms with E-state index in [1.807, 2.05) is 0 Å². The molecule has 0 aromatic heterocycles. The number of hydrogen-bond donors (Lipinski definition) is 0. The molecule has 21 heavy (non-hydrogen) atoms. The van der Waals surface area contributed by atoms with Crippen molar-refractivity contribution < 1.29 is 178 Å². The van der Waals surface area contributed by atoms with Crippen LogP contribution in [0.2, 0.25) is 0 Å². The summed E-state index contributed by atoms with van der Waals surface area (Å²) in [6.45, 7) is 0. The average molecular weight is 444 g/mol. The van der Waals surface area contributed by atoms with Gasteiger partial charge < -0.3 is 43.1 Å². The first kappa shape index (κ1) is 40.6. The van der Waals surface area contributed by atoms with E-state index in [9.17, 15) is 43.1 Å². The predicted molar refractivity (Wildman–Crippen MR) is 39.3 cm³/mol. The minimum Gasteiger partial charge on any atom is -0.810 e. The molecule has 0 aliphatic carbocycles. The topological polar surface area (TPSA) is 193 Å². The first-order valence-electron chi connectivity index (χ1n) is 3.54. The Morgan fingerprint density at radius 3 is 0.810 bits per heavy atom. The molecule has 0 unspecified atom stereocenters. The fourth-order valence-corrected chi connectivity index (χ4v) is 3.41. The van der Waals surface area contributed by atoms with Crippen LogP contribution in [-0.4, -0.2) is 23.8 Å². The van der Waals surface area contributed by atoms with E-state index in [0.29, 0.717) is 0 Å². The second-order valence-electron chi connectivity index (χ2n) is 2.93. The van der Waals surface area contributed by atoms with Gasteiger partial charge in [-0.05, 0) is 0 Å². The van der Waals surface area contributed by atoms with Gasteiger partial charge in [0.25, 0.3) is 0 Å². The van der Waals surface area contributed by atoms with E-state index in [2.05, 4.69) is 0 Å². The van der Waals surface area contributed by atoms with Gasteiger partial charge in [-0.1, -0.05) is 22.8 Å². The van der Waals surface area contributed by atoms with Crippen LogP contribution in [-0.2, 0) is 30.2 Å². The van der Waals surface area contributed by atoms with Crippen molar-refractivity contribution in [2.24, 2.45) is 0 Å². The van der Waals surface area contributed by atoms with Crippen molar-refractivity contribution in [2.75, 3.05) is 18.9 Å². The van der Waals surface area contributed by atoms with Crippen LogP contribution in [0.1, 0.15) is 0 Å². The number of rotatable bonds is 6. The molecular formula is C3H6NNa4NiO9P3+. The van der Waals surface area contributed by atoms with Crippen LogP contribution in [0, 0.1) is 0 Å². The zero-order chi connectivity index (χ0) is 13.2. The van der Waals surface area contributed by atoms with Crippen molar-refractivity contribution in [1.82, 2.24) is 4.90 Å². The Morgan fingerprint density at radius 2 is 0.714 bits per heavy atom. The van der Waals surface area contributed by atoms with Crippen LogP contribution in [0.15, 0.2) is 0 Å². The van der Waals surface area contributed by atoms with Crippen LogP contribution in [0.4, 0.5) is 0 Å². The molecular weight excluding hydrogens is 438 g/mol. The molecule has 0 spiro atoms. The largest absolute Gasteiger partial charge is 3.00 e. The summed E-state index contributed by atoms with van der Waals surface area (Å²) in [6, 6.07) is 0. The maximum atomic E-state index is 10.3. The van der Waals surface area contributed by atoms with E-state index >= 15 is 0 Å². The maximum absolute atomic E-state index is 10.3. The van der Waals surface area contributed by atoms with E-state index < -0.39 is 41.6 Å². The Balaban J connectivity index is -0.000000112. The predicted octanol–water partition coefficient (Wildman–Crippen LogP) is -17.1. The minimum atomic E-state index is -5.27. The summed E-state index contributed by atoms with van der Waals surface area (Å²) < 4.78 is 30.8. The Labute approximate surface area is 220 Å². The molecule has 1 radical (unpaired) electrons. The summed E-state index contributed by atoms with van der Waals surface area (Å²) in [7, 11) is -15.8. The summed E-state index contributed by atoms with van der Waals surface area (Å²) in [4.78, 5) is 61.5. The minimum absolute atomic E-state index is 0. The molecule has 18 heteroatoms. The fourth-order valence-electron chi connectivity index (χ4n) is 0.869. The molecule has 0 heterocycles. The van der Waals surface area contributed by atoms with Crippen molar-refractivity contribution in [3.05, 3.63) is 0 Å². The van der Waals surface area contributed by atoms with Gasteiger partial charge >= 0.3 is 135 Å². The molecule has 0 saturated carbocycles. The Kier molecular flexibility index (Phi) is 32.9. The maximum Gasteiger partial charge on any atom is 3.00 e. The van der Waals surface area contributed by atoms with Gasteiger partial charge in [0, 0.05) is 18.9 Å². The van der Waals surface area contributed by atoms with E-state index in [4.69, 9.17) is 0 Å². The first-order valence-corrected chi connectivity index (χ1v) is 8.72. The summed E-state index contributed by atoms with van der Waals surface area (Å²) in [5.74, 6) is 0. The molecule has 0 amide bonds. The smallest absolute Gasteiger partial charge is 0.810 e. The third kappa shape index (κ3) is 33.0. The van der Waals surface area contributed by atoms with Crippen LogP contribution >= 0.6 is 22.8 Å². The van der Waals surface area contributed by atoms with Gasteiger partial charge in [-0.3, -0.25) is 4.90 Å². The number of nitrogens with zero attached hydrogens (tertiary/aromatic N) is 1. The van der Waals surface area contributed by atoms with Crippen molar-refractivity contribution in [1.29, 1.82) is 0 Å². The molecule has 0 aromatic carbocycles. The van der Waals surface area contributed by atoms with Crippen molar-refractivity contribution in [2.45, 2.75) is 0 Å². The molecule has 105 valence electrons. The zero-order valence-corrected chi connectivity index (χ0v) is 23.6. The molecule has 0 saturated heterocycles. The molecule has 0 fully saturated rings. The van der Waals surface area contributed by atoms with Gasteiger partial charge in [0.15, 0.2) is 0 Å². The van der Waals surface area contributed by atoms with Crippen molar-refractivity contribution in [3.8, 4) is 0 Å². The van der Waals surface area contributed by atoms with Crippen LogP contribution in [0.3, 0.4) is 0 Å². The van der Waals surface area contributed by atoms with E-state index in [1.54, 1.807) is 0 Å². The van der Waals surface area contributed by atoms with Crippen molar-refractivity contribution >= 4 is 22.8 Å². The van der Waals surface area contributed by atoms with Crippen LogP contribution < -0.4 is 148 Å². The van der Waals surface area contributed by atoms with E-state index in [0.717, 1.165) is 0 Å². The first-order chi connectivity index (χ1) is 6.79.